The fraction of sp³-hybridized carbons (Fsp3) is 0.312. The van der Waals surface area contributed by atoms with E-state index >= 15 is 0 Å². The van der Waals surface area contributed by atoms with Crippen LogP contribution >= 0.6 is 11.3 Å². The summed E-state index contributed by atoms with van der Waals surface area (Å²) in [7, 11) is 3.76. The second-order valence-corrected chi connectivity index (χ2v) is 6.45. The summed E-state index contributed by atoms with van der Waals surface area (Å²) in [6.07, 6.45) is 2.77. The zero-order valence-electron chi connectivity index (χ0n) is 13.4. The molecule has 0 aliphatic heterocycles. The summed E-state index contributed by atoms with van der Waals surface area (Å²) < 4.78 is 1.97. The molecule has 0 fully saturated rings. The van der Waals surface area contributed by atoms with E-state index in [2.05, 4.69) is 15.2 Å². The maximum Gasteiger partial charge on any atom is 0.271 e. The summed E-state index contributed by atoms with van der Waals surface area (Å²) in [6, 6.07) is 5.72. The number of H-pyrrole nitrogens is 1. The highest BCUT2D eigenvalue weighted by Crippen LogP contribution is 2.18. The molecule has 0 atom stereocenters. The Labute approximate surface area is 138 Å². The van der Waals surface area contributed by atoms with Gasteiger partial charge in [-0.25, -0.2) is 4.98 Å². The van der Waals surface area contributed by atoms with Crippen molar-refractivity contribution in [1.29, 1.82) is 0 Å². The Hall–Kier alpha value is -2.41. The number of carbonyl (C=O) groups is 1. The van der Waals surface area contributed by atoms with Gasteiger partial charge in [0.05, 0.1) is 16.9 Å². The van der Waals surface area contributed by atoms with Crippen molar-refractivity contribution in [2.24, 2.45) is 7.05 Å². The molecule has 0 aromatic carbocycles. The highest BCUT2D eigenvalue weighted by Gasteiger charge is 2.16. The third-order valence-electron chi connectivity index (χ3n) is 3.88. The largest absolute Gasteiger partial charge is 0.349 e. The van der Waals surface area contributed by atoms with Crippen LogP contribution < -0.4 is 0 Å². The number of aromatic amines is 1. The molecular weight excluding hydrogens is 310 g/mol. The highest BCUT2D eigenvalue weighted by molar-refractivity contribution is 7.09. The van der Waals surface area contributed by atoms with Crippen LogP contribution in [0.2, 0.25) is 0 Å². The average Bonchev–Trinajstić information content (AvgIpc) is 3.25. The van der Waals surface area contributed by atoms with Crippen LogP contribution in [-0.2, 0) is 13.5 Å². The molecule has 3 aromatic heterocycles. The molecule has 7 heteroatoms. The minimum Gasteiger partial charge on any atom is -0.349 e. The van der Waals surface area contributed by atoms with Crippen LogP contribution in [0.25, 0.3) is 11.4 Å². The lowest BCUT2D eigenvalue weighted by molar-refractivity contribution is 0.0791. The van der Waals surface area contributed by atoms with Crippen LogP contribution in [-0.4, -0.2) is 44.1 Å². The van der Waals surface area contributed by atoms with Gasteiger partial charge >= 0.3 is 0 Å². The van der Waals surface area contributed by atoms with Gasteiger partial charge in [-0.1, -0.05) is 0 Å². The number of nitrogens with zero attached hydrogens (tertiary/aromatic N) is 4. The second kappa shape index (κ2) is 6.37. The van der Waals surface area contributed by atoms with E-state index in [1.165, 1.54) is 4.88 Å². The van der Waals surface area contributed by atoms with Gasteiger partial charge < -0.3 is 9.47 Å². The number of nitrogens with one attached hydrogen (secondary N) is 1. The smallest absolute Gasteiger partial charge is 0.271 e. The van der Waals surface area contributed by atoms with Crippen molar-refractivity contribution < 1.29 is 4.79 Å². The van der Waals surface area contributed by atoms with E-state index in [0.29, 0.717) is 12.2 Å². The first kappa shape index (κ1) is 15.5. The van der Waals surface area contributed by atoms with E-state index in [4.69, 9.17) is 0 Å². The molecule has 1 N–H and O–H groups in total. The van der Waals surface area contributed by atoms with E-state index in [1.54, 1.807) is 22.3 Å². The second-order valence-electron chi connectivity index (χ2n) is 5.51. The minimum atomic E-state index is -0.0554. The van der Waals surface area contributed by atoms with Gasteiger partial charge in [0.25, 0.3) is 5.91 Å². The van der Waals surface area contributed by atoms with E-state index in [0.717, 1.165) is 23.5 Å². The molecule has 0 unspecified atom stereocenters. The number of aryl methyl sites for hydroxylation is 2. The van der Waals surface area contributed by atoms with Crippen LogP contribution in [0, 0.1) is 6.92 Å². The number of amides is 1. The summed E-state index contributed by atoms with van der Waals surface area (Å²) in [4.78, 5) is 19.7. The lowest BCUT2D eigenvalue weighted by Crippen LogP contribution is -2.29. The van der Waals surface area contributed by atoms with Gasteiger partial charge in [0.15, 0.2) is 0 Å². The van der Waals surface area contributed by atoms with Crippen molar-refractivity contribution in [2.75, 3.05) is 13.6 Å². The van der Waals surface area contributed by atoms with E-state index in [-0.39, 0.29) is 5.91 Å². The topological polar surface area (TPSA) is 66.8 Å². The Bertz CT molecular complexity index is 816. The molecule has 0 saturated carbocycles. The van der Waals surface area contributed by atoms with E-state index in [9.17, 15) is 4.79 Å². The summed E-state index contributed by atoms with van der Waals surface area (Å²) in [6.45, 7) is 2.65. The number of carbonyl (C=O) groups excluding carboxylic acids is 1. The fourth-order valence-electron chi connectivity index (χ4n) is 2.43. The first-order valence-corrected chi connectivity index (χ1v) is 8.25. The lowest BCUT2D eigenvalue weighted by atomic mass is 10.2. The molecule has 3 aromatic rings. The zero-order valence-corrected chi connectivity index (χ0v) is 14.2. The Morgan fingerprint density at radius 2 is 2.30 bits per heavy atom. The van der Waals surface area contributed by atoms with Gasteiger partial charge in [-0.2, -0.15) is 5.10 Å². The number of thiazole rings is 1. The van der Waals surface area contributed by atoms with Gasteiger partial charge in [0, 0.05) is 38.1 Å². The van der Waals surface area contributed by atoms with Gasteiger partial charge in [-0.15, -0.1) is 11.3 Å². The Morgan fingerprint density at radius 3 is 2.96 bits per heavy atom. The molecule has 6 nitrogen and oxygen atoms in total. The fourth-order valence-corrected chi connectivity index (χ4v) is 3.20. The van der Waals surface area contributed by atoms with Crippen molar-refractivity contribution in [3.8, 4) is 11.4 Å². The van der Waals surface area contributed by atoms with Crippen molar-refractivity contribution in [2.45, 2.75) is 13.3 Å². The normalized spacial score (nSPS) is 10.9. The van der Waals surface area contributed by atoms with Gasteiger partial charge in [0.2, 0.25) is 0 Å². The molecule has 23 heavy (non-hydrogen) atoms. The zero-order chi connectivity index (χ0) is 16.4. The number of aromatic nitrogens is 4. The van der Waals surface area contributed by atoms with Gasteiger partial charge in [-0.05, 0) is 25.1 Å². The third kappa shape index (κ3) is 3.19. The van der Waals surface area contributed by atoms with Crippen LogP contribution in [0.15, 0.2) is 29.9 Å². The van der Waals surface area contributed by atoms with E-state index in [1.807, 2.05) is 49.4 Å². The lowest BCUT2D eigenvalue weighted by Gasteiger charge is -2.15. The minimum absolute atomic E-state index is 0.0554. The van der Waals surface area contributed by atoms with Gasteiger partial charge in [-0.3, -0.25) is 9.89 Å². The molecule has 3 rings (SSSR count). The van der Waals surface area contributed by atoms with Crippen LogP contribution in [0.5, 0.6) is 0 Å². The molecular formula is C16H19N5OS. The molecule has 0 aliphatic rings. The third-order valence-corrected chi connectivity index (χ3v) is 4.88. The van der Waals surface area contributed by atoms with Crippen LogP contribution in [0.4, 0.5) is 0 Å². The monoisotopic (exact) mass is 329 g/mol. The molecule has 0 aliphatic carbocycles. The Morgan fingerprint density at radius 1 is 1.48 bits per heavy atom. The summed E-state index contributed by atoms with van der Waals surface area (Å²) >= 11 is 1.63. The maximum atomic E-state index is 12.5. The number of rotatable bonds is 5. The van der Waals surface area contributed by atoms with Crippen LogP contribution in [0.3, 0.4) is 0 Å². The Kier molecular flexibility index (Phi) is 4.29. The number of likely N-dealkylation sites (N-methyl/N-ethyl adjacent to an activating group) is 1. The molecule has 0 radical (unpaired) electrons. The van der Waals surface area contributed by atoms with Crippen molar-refractivity contribution in [3.63, 3.8) is 0 Å². The summed E-state index contributed by atoms with van der Waals surface area (Å²) in [5.74, 6) is -0.0554. The highest BCUT2D eigenvalue weighted by atomic mass is 32.1. The standard InChI is InChI=1S/C16H19N5OS/c1-11-15(23-10-17-11)6-8-21(3)16(22)13-9-12(18-19-13)14-5-4-7-20(14)2/h4-5,7,9-10H,6,8H2,1-3H3,(H,18,19). The molecule has 1 amide bonds. The Balaban J connectivity index is 1.67. The summed E-state index contributed by atoms with van der Waals surface area (Å²) in [5, 5.41) is 7.09. The maximum absolute atomic E-state index is 12.5. The molecule has 120 valence electrons. The first-order chi connectivity index (χ1) is 11.1. The van der Waals surface area contributed by atoms with Gasteiger partial charge in [0.1, 0.15) is 11.4 Å². The molecule has 0 saturated heterocycles. The van der Waals surface area contributed by atoms with Crippen molar-refractivity contribution >= 4 is 17.2 Å². The first-order valence-electron chi connectivity index (χ1n) is 7.38. The van der Waals surface area contributed by atoms with Crippen molar-refractivity contribution in [3.05, 3.63) is 46.2 Å². The van der Waals surface area contributed by atoms with E-state index < -0.39 is 0 Å². The molecule has 0 bridgehead atoms. The molecule has 3 heterocycles. The predicted molar refractivity (Wildman–Crippen MR) is 90.5 cm³/mol. The van der Waals surface area contributed by atoms with Crippen molar-refractivity contribution in [1.82, 2.24) is 24.6 Å². The van der Waals surface area contributed by atoms with Crippen LogP contribution in [0.1, 0.15) is 21.1 Å². The number of hydrogen-bond acceptors (Lipinski definition) is 4. The average molecular weight is 329 g/mol. The quantitative estimate of drug-likeness (QED) is 0.782. The summed E-state index contributed by atoms with van der Waals surface area (Å²) in [5.41, 5.74) is 5.14. The predicted octanol–water partition coefficient (Wildman–Crippen LogP) is 2.49. The molecule has 0 spiro atoms. The number of hydrogen-bond donors (Lipinski definition) is 1. The SMILES string of the molecule is Cc1ncsc1CCN(C)C(=O)c1cc(-c2cccn2C)n[nH]1.